The van der Waals surface area contributed by atoms with Gasteiger partial charge in [0.05, 0.1) is 5.02 Å². The maximum Gasteiger partial charge on any atom is 0.148 e. The van der Waals surface area contributed by atoms with E-state index in [-0.39, 0.29) is 17.5 Å². The Hall–Kier alpha value is -2.07. The van der Waals surface area contributed by atoms with E-state index >= 15 is 0 Å². The number of rotatable bonds is 4. The molecule has 0 atom stereocenters. The quantitative estimate of drug-likeness (QED) is 0.667. The molecule has 5 heteroatoms. The molecular formula is C15H14ClFN2O. The summed E-state index contributed by atoms with van der Waals surface area (Å²) in [6.07, 6.45) is 0. The van der Waals surface area contributed by atoms with Crippen molar-refractivity contribution in [2.24, 2.45) is 5.73 Å². The Morgan fingerprint density at radius 1 is 1.35 bits per heavy atom. The van der Waals surface area contributed by atoms with Crippen LogP contribution in [0.3, 0.4) is 0 Å². The zero-order valence-electron chi connectivity index (χ0n) is 10.9. The molecule has 0 unspecified atom stereocenters. The van der Waals surface area contributed by atoms with Crippen molar-refractivity contribution in [1.82, 2.24) is 0 Å². The molecule has 0 heterocycles. The lowest BCUT2D eigenvalue weighted by Gasteiger charge is -2.11. The summed E-state index contributed by atoms with van der Waals surface area (Å²) in [6, 6.07) is 9.99. The minimum absolute atomic E-state index is 0.0382. The van der Waals surface area contributed by atoms with Gasteiger partial charge in [0.2, 0.25) is 0 Å². The highest BCUT2D eigenvalue weighted by atomic mass is 35.5. The fourth-order valence-corrected chi connectivity index (χ4v) is 1.93. The van der Waals surface area contributed by atoms with Gasteiger partial charge in [-0.25, -0.2) is 4.39 Å². The van der Waals surface area contributed by atoms with E-state index < -0.39 is 5.82 Å². The number of aryl methyl sites for hydroxylation is 1. The van der Waals surface area contributed by atoms with E-state index in [0.717, 1.165) is 5.56 Å². The number of ether oxygens (including phenoxy) is 1. The molecule has 3 nitrogen and oxygen atoms in total. The van der Waals surface area contributed by atoms with Gasteiger partial charge in [-0.05, 0) is 24.6 Å². The predicted molar refractivity (Wildman–Crippen MR) is 77.9 cm³/mol. The van der Waals surface area contributed by atoms with Crippen molar-refractivity contribution in [1.29, 1.82) is 5.41 Å². The van der Waals surface area contributed by atoms with Crippen molar-refractivity contribution in [2.45, 2.75) is 13.5 Å². The van der Waals surface area contributed by atoms with Crippen LogP contribution in [0, 0.1) is 18.2 Å². The lowest BCUT2D eigenvalue weighted by atomic mass is 10.1. The van der Waals surface area contributed by atoms with E-state index in [9.17, 15) is 4.39 Å². The first-order valence-corrected chi connectivity index (χ1v) is 6.37. The van der Waals surface area contributed by atoms with Gasteiger partial charge in [0.25, 0.3) is 0 Å². The number of hydrogen-bond donors (Lipinski definition) is 2. The fraction of sp³-hybridized carbons (Fsp3) is 0.133. The van der Waals surface area contributed by atoms with Crippen LogP contribution in [0.25, 0.3) is 0 Å². The fourth-order valence-electron chi connectivity index (χ4n) is 1.74. The van der Waals surface area contributed by atoms with Crippen molar-refractivity contribution >= 4 is 17.4 Å². The van der Waals surface area contributed by atoms with E-state index in [1.54, 1.807) is 30.3 Å². The Kier molecular flexibility index (Phi) is 4.25. The van der Waals surface area contributed by atoms with Gasteiger partial charge in [-0.3, -0.25) is 5.41 Å². The molecule has 2 rings (SSSR count). The van der Waals surface area contributed by atoms with E-state index in [1.165, 1.54) is 6.07 Å². The van der Waals surface area contributed by atoms with Gasteiger partial charge in [-0.1, -0.05) is 35.9 Å². The molecular weight excluding hydrogens is 279 g/mol. The molecule has 0 saturated carbocycles. The number of nitrogen functional groups attached to an aromatic ring is 1. The average Bonchev–Trinajstić information content (AvgIpc) is 2.41. The third kappa shape index (κ3) is 3.08. The largest absolute Gasteiger partial charge is 0.489 e. The summed E-state index contributed by atoms with van der Waals surface area (Å²) < 4.78 is 19.3. The van der Waals surface area contributed by atoms with Crippen LogP contribution in [0.1, 0.15) is 16.7 Å². The second kappa shape index (κ2) is 5.92. The summed E-state index contributed by atoms with van der Waals surface area (Å²) in [7, 11) is 0. The van der Waals surface area contributed by atoms with Crippen LogP contribution in [0.5, 0.6) is 5.75 Å². The first-order valence-electron chi connectivity index (χ1n) is 6.00. The number of nitrogens with one attached hydrogen (secondary N) is 1. The molecule has 104 valence electrons. The number of nitrogens with two attached hydrogens (primary N) is 1. The smallest absolute Gasteiger partial charge is 0.148 e. The molecule has 20 heavy (non-hydrogen) atoms. The molecule has 0 fully saturated rings. The molecule has 0 amide bonds. The minimum atomic E-state index is -0.477. The van der Waals surface area contributed by atoms with Crippen LogP contribution in [0.15, 0.2) is 36.4 Å². The van der Waals surface area contributed by atoms with E-state index in [2.05, 4.69) is 0 Å². The van der Waals surface area contributed by atoms with Gasteiger partial charge in [0, 0.05) is 11.1 Å². The highest BCUT2D eigenvalue weighted by molar-refractivity contribution is 6.30. The van der Waals surface area contributed by atoms with Crippen LogP contribution in [-0.4, -0.2) is 5.84 Å². The van der Waals surface area contributed by atoms with Crippen LogP contribution in [0.4, 0.5) is 4.39 Å². The molecule has 2 aromatic carbocycles. The van der Waals surface area contributed by atoms with Crippen LogP contribution in [0.2, 0.25) is 5.02 Å². The Bertz CT molecular complexity index is 658. The third-order valence-corrected chi connectivity index (χ3v) is 3.21. The summed E-state index contributed by atoms with van der Waals surface area (Å²) in [5.74, 6) is 0.0513. The van der Waals surface area contributed by atoms with Crippen molar-refractivity contribution in [3.63, 3.8) is 0 Å². The van der Waals surface area contributed by atoms with Gasteiger partial charge in [-0.15, -0.1) is 0 Å². The molecule has 0 aromatic heterocycles. The number of benzene rings is 2. The van der Waals surface area contributed by atoms with Gasteiger partial charge in [0.15, 0.2) is 0 Å². The first kappa shape index (κ1) is 14.3. The molecule has 2 aromatic rings. The van der Waals surface area contributed by atoms with Gasteiger partial charge in [0.1, 0.15) is 24.0 Å². The summed E-state index contributed by atoms with van der Waals surface area (Å²) in [4.78, 5) is 0. The summed E-state index contributed by atoms with van der Waals surface area (Å²) >= 11 is 5.72. The summed E-state index contributed by atoms with van der Waals surface area (Å²) in [5.41, 5.74) is 7.27. The molecule has 0 saturated heterocycles. The van der Waals surface area contributed by atoms with E-state index in [4.69, 9.17) is 27.5 Å². The van der Waals surface area contributed by atoms with E-state index in [0.29, 0.717) is 16.9 Å². The maximum atomic E-state index is 13.7. The molecule has 3 N–H and O–H groups in total. The highest BCUT2D eigenvalue weighted by Crippen LogP contribution is 2.23. The average molecular weight is 293 g/mol. The monoisotopic (exact) mass is 292 g/mol. The standard InChI is InChI=1S/C15H14ClFN2O/c1-9-5-6-10(15(18)19)7-13(9)20-8-11-3-2-4-12(16)14(11)17/h2-7H,8H2,1H3,(H3,18,19). The molecule has 0 bridgehead atoms. The maximum absolute atomic E-state index is 13.7. The molecule has 0 radical (unpaired) electrons. The molecule has 0 aliphatic heterocycles. The first-order chi connectivity index (χ1) is 9.49. The zero-order valence-corrected chi connectivity index (χ0v) is 11.7. The Balaban J connectivity index is 2.20. The summed E-state index contributed by atoms with van der Waals surface area (Å²) in [5, 5.41) is 7.48. The second-order valence-corrected chi connectivity index (χ2v) is 4.80. The van der Waals surface area contributed by atoms with Gasteiger partial charge < -0.3 is 10.5 Å². The number of halogens is 2. The SMILES string of the molecule is Cc1ccc(C(=N)N)cc1OCc1cccc(Cl)c1F. The normalized spacial score (nSPS) is 10.3. The Morgan fingerprint density at radius 2 is 2.10 bits per heavy atom. The van der Waals surface area contributed by atoms with Gasteiger partial charge >= 0.3 is 0 Å². The molecule has 0 aliphatic carbocycles. The minimum Gasteiger partial charge on any atom is -0.489 e. The van der Waals surface area contributed by atoms with Crippen LogP contribution < -0.4 is 10.5 Å². The third-order valence-electron chi connectivity index (χ3n) is 2.91. The van der Waals surface area contributed by atoms with Crippen molar-refractivity contribution in [2.75, 3.05) is 0 Å². The van der Waals surface area contributed by atoms with Crippen LogP contribution in [-0.2, 0) is 6.61 Å². The lowest BCUT2D eigenvalue weighted by Crippen LogP contribution is -2.11. The number of hydrogen-bond acceptors (Lipinski definition) is 2. The number of amidine groups is 1. The van der Waals surface area contributed by atoms with E-state index in [1.807, 2.05) is 6.92 Å². The van der Waals surface area contributed by atoms with Crippen molar-refractivity contribution in [3.05, 3.63) is 63.9 Å². The van der Waals surface area contributed by atoms with Gasteiger partial charge in [-0.2, -0.15) is 0 Å². The summed E-state index contributed by atoms with van der Waals surface area (Å²) in [6.45, 7) is 1.93. The highest BCUT2D eigenvalue weighted by Gasteiger charge is 2.08. The lowest BCUT2D eigenvalue weighted by molar-refractivity contribution is 0.298. The van der Waals surface area contributed by atoms with Crippen molar-refractivity contribution < 1.29 is 9.13 Å². The molecule has 0 spiro atoms. The second-order valence-electron chi connectivity index (χ2n) is 4.40. The predicted octanol–water partition coefficient (Wildman–Crippen LogP) is 3.65. The zero-order chi connectivity index (χ0) is 14.7. The van der Waals surface area contributed by atoms with Crippen molar-refractivity contribution in [3.8, 4) is 5.75 Å². The Labute approximate surface area is 121 Å². The van der Waals surface area contributed by atoms with Crippen LogP contribution >= 0.6 is 11.6 Å². The Morgan fingerprint density at radius 3 is 2.80 bits per heavy atom. The molecule has 0 aliphatic rings. The topological polar surface area (TPSA) is 59.1 Å².